The molecule has 0 N–H and O–H groups in total. The molecule has 2 nitrogen and oxygen atoms in total. The minimum atomic E-state index is 1.04. The van der Waals surface area contributed by atoms with Gasteiger partial charge in [-0.15, -0.1) is 11.8 Å². The van der Waals surface area contributed by atoms with Gasteiger partial charge < -0.3 is 0 Å². The van der Waals surface area contributed by atoms with E-state index >= 15 is 0 Å². The second-order valence-corrected chi connectivity index (χ2v) is 4.35. The van der Waals surface area contributed by atoms with Crippen LogP contribution in [0.2, 0.25) is 0 Å². The monoisotopic (exact) mass is 226 g/mol. The van der Waals surface area contributed by atoms with Gasteiger partial charge in [0.05, 0.1) is 5.52 Å². The summed E-state index contributed by atoms with van der Waals surface area (Å²) in [5, 5.41) is 4.59. The van der Waals surface area contributed by atoms with Crippen LogP contribution in [0.3, 0.4) is 0 Å². The van der Waals surface area contributed by atoms with Crippen LogP contribution in [-0.2, 0) is 0 Å². The van der Waals surface area contributed by atoms with Gasteiger partial charge in [0, 0.05) is 23.2 Å². The molecule has 0 fully saturated rings. The zero-order chi connectivity index (χ0) is 11.0. The molecular weight excluding hydrogens is 216 g/mol. The van der Waals surface area contributed by atoms with Gasteiger partial charge in [0.15, 0.2) is 0 Å². The molecule has 3 heteroatoms. The van der Waals surface area contributed by atoms with Crippen LogP contribution in [0.1, 0.15) is 0 Å². The third kappa shape index (κ3) is 1.36. The number of hydrogen-bond acceptors (Lipinski definition) is 3. The first-order valence-electron chi connectivity index (χ1n) is 5.06. The molecule has 0 radical (unpaired) electrons. The van der Waals surface area contributed by atoms with Crippen LogP contribution in [-0.4, -0.2) is 16.2 Å². The molecule has 2 heterocycles. The quantitative estimate of drug-likeness (QED) is 0.469. The minimum absolute atomic E-state index is 1.04. The van der Waals surface area contributed by atoms with Gasteiger partial charge in [0.1, 0.15) is 5.03 Å². The van der Waals surface area contributed by atoms with Crippen molar-refractivity contribution in [2.24, 2.45) is 0 Å². The molecule has 0 unspecified atom stereocenters. The highest BCUT2D eigenvalue weighted by Crippen LogP contribution is 2.28. The molecule has 16 heavy (non-hydrogen) atoms. The van der Waals surface area contributed by atoms with Crippen LogP contribution in [0.25, 0.3) is 21.7 Å². The third-order valence-corrected chi connectivity index (χ3v) is 3.39. The maximum Gasteiger partial charge on any atom is 0.105 e. The van der Waals surface area contributed by atoms with Crippen molar-refractivity contribution in [3.8, 4) is 0 Å². The van der Waals surface area contributed by atoms with E-state index in [2.05, 4.69) is 22.1 Å². The number of rotatable bonds is 1. The number of nitrogens with zero attached hydrogens (tertiary/aromatic N) is 2. The average molecular weight is 226 g/mol. The van der Waals surface area contributed by atoms with E-state index in [1.807, 2.05) is 36.8 Å². The topological polar surface area (TPSA) is 25.8 Å². The van der Waals surface area contributed by atoms with E-state index < -0.39 is 0 Å². The Kier molecular flexibility index (Phi) is 2.26. The van der Waals surface area contributed by atoms with Gasteiger partial charge in [-0.3, -0.25) is 4.98 Å². The summed E-state index contributed by atoms with van der Waals surface area (Å²) in [6, 6.07) is 10.3. The average Bonchev–Trinajstić information content (AvgIpc) is 2.37. The highest BCUT2D eigenvalue weighted by molar-refractivity contribution is 7.98. The molecule has 0 bridgehead atoms. The van der Waals surface area contributed by atoms with Crippen LogP contribution in [0.15, 0.2) is 47.8 Å². The lowest BCUT2D eigenvalue weighted by molar-refractivity contribution is 1.17. The van der Waals surface area contributed by atoms with Crippen LogP contribution in [0, 0.1) is 0 Å². The number of benzene rings is 1. The van der Waals surface area contributed by atoms with Crippen LogP contribution in [0.4, 0.5) is 0 Å². The van der Waals surface area contributed by atoms with E-state index in [9.17, 15) is 0 Å². The summed E-state index contributed by atoms with van der Waals surface area (Å²) >= 11 is 1.66. The number of fused-ring (bicyclic) bond motifs is 3. The number of thioether (sulfide) groups is 1. The standard InChI is InChI=1S/C13H10N2S/c1-16-13-11-8-15-12-5-3-2-4-10(12)9(11)6-7-14-13/h2-8H,1H3. The highest BCUT2D eigenvalue weighted by atomic mass is 32.2. The molecule has 2 aromatic heterocycles. The van der Waals surface area contributed by atoms with Gasteiger partial charge >= 0.3 is 0 Å². The third-order valence-electron chi connectivity index (χ3n) is 2.67. The maximum atomic E-state index is 4.46. The molecule has 0 amide bonds. The molecule has 3 aromatic rings. The summed E-state index contributed by atoms with van der Waals surface area (Å²) in [5.41, 5.74) is 1.04. The van der Waals surface area contributed by atoms with Crippen molar-refractivity contribution >= 4 is 33.4 Å². The molecule has 0 aliphatic carbocycles. The first-order chi connectivity index (χ1) is 7.90. The number of para-hydroxylation sites is 1. The number of pyridine rings is 2. The summed E-state index contributed by atoms with van der Waals surface area (Å²) in [6.45, 7) is 0. The van der Waals surface area contributed by atoms with E-state index in [0.717, 1.165) is 15.9 Å². The number of hydrogen-bond donors (Lipinski definition) is 0. The zero-order valence-electron chi connectivity index (χ0n) is 8.84. The van der Waals surface area contributed by atoms with E-state index in [1.54, 1.807) is 11.8 Å². The van der Waals surface area contributed by atoms with Crippen molar-refractivity contribution in [3.05, 3.63) is 42.7 Å². The summed E-state index contributed by atoms with van der Waals surface area (Å²) in [5.74, 6) is 0. The van der Waals surface area contributed by atoms with Gasteiger partial charge in [-0.05, 0) is 23.8 Å². The molecule has 0 atom stereocenters. The van der Waals surface area contributed by atoms with E-state index in [0.29, 0.717) is 0 Å². The molecular formula is C13H10N2S. The first-order valence-corrected chi connectivity index (χ1v) is 6.29. The molecule has 1 aromatic carbocycles. The number of aromatic nitrogens is 2. The van der Waals surface area contributed by atoms with Crippen molar-refractivity contribution in [1.82, 2.24) is 9.97 Å². The summed E-state index contributed by atoms with van der Waals surface area (Å²) in [4.78, 5) is 8.82. The summed E-state index contributed by atoms with van der Waals surface area (Å²) < 4.78 is 0. The molecule has 3 rings (SSSR count). The van der Waals surface area contributed by atoms with E-state index in [-0.39, 0.29) is 0 Å². The smallest absolute Gasteiger partial charge is 0.105 e. The van der Waals surface area contributed by atoms with Gasteiger partial charge in [0.25, 0.3) is 0 Å². The summed E-state index contributed by atoms with van der Waals surface area (Å²) in [7, 11) is 0. The zero-order valence-corrected chi connectivity index (χ0v) is 9.66. The second kappa shape index (κ2) is 3.76. The Hall–Kier alpha value is -1.61. The SMILES string of the molecule is CSc1nccc2c1cnc1ccccc12. The Balaban J connectivity index is 2.52. The van der Waals surface area contributed by atoms with Gasteiger partial charge in [-0.2, -0.15) is 0 Å². The Labute approximate surface area is 97.7 Å². The highest BCUT2D eigenvalue weighted by Gasteiger charge is 2.04. The predicted octanol–water partition coefficient (Wildman–Crippen LogP) is 3.50. The van der Waals surface area contributed by atoms with Crippen LogP contribution in [0.5, 0.6) is 0 Å². The molecule has 0 spiro atoms. The molecule has 78 valence electrons. The largest absolute Gasteiger partial charge is 0.255 e. The summed E-state index contributed by atoms with van der Waals surface area (Å²) in [6.07, 6.45) is 5.81. The van der Waals surface area contributed by atoms with Crippen molar-refractivity contribution in [2.45, 2.75) is 5.03 Å². The molecule has 0 saturated carbocycles. The Morgan fingerprint density at radius 2 is 1.81 bits per heavy atom. The Morgan fingerprint density at radius 3 is 2.69 bits per heavy atom. The fourth-order valence-corrected chi connectivity index (χ4v) is 2.47. The molecule has 0 aliphatic rings. The molecule has 0 saturated heterocycles. The fourth-order valence-electron chi connectivity index (χ4n) is 1.92. The van der Waals surface area contributed by atoms with Crippen LogP contribution < -0.4 is 0 Å². The Bertz CT molecular complexity index is 664. The van der Waals surface area contributed by atoms with Gasteiger partial charge in [0.2, 0.25) is 0 Å². The predicted molar refractivity (Wildman–Crippen MR) is 68.8 cm³/mol. The van der Waals surface area contributed by atoms with Gasteiger partial charge in [-0.25, -0.2) is 4.98 Å². The lowest BCUT2D eigenvalue weighted by Gasteiger charge is -2.05. The lowest BCUT2D eigenvalue weighted by atomic mass is 10.1. The minimum Gasteiger partial charge on any atom is -0.255 e. The van der Waals surface area contributed by atoms with Crippen molar-refractivity contribution in [1.29, 1.82) is 0 Å². The first kappa shape index (κ1) is 9.60. The normalized spacial score (nSPS) is 11.1. The second-order valence-electron chi connectivity index (χ2n) is 3.56. The van der Waals surface area contributed by atoms with Crippen LogP contribution >= 0.6 is 11.8 Å². The van der Waals surface area contributed by atoms with E-state index in [4.69, 9.17) is 0 Å². The fraction of sp³-hybridized carbons (Fsp3) is 0.0769. The molecule has 0 aliphatic heterocycles. The van der Waals surface area contributed by atoms with Crippen molar-refractivity contribution < 1.29 is 0 Å². The lowest BCUT2D eigenvalue weighted by Crippen LogP contribution is -1.86. The van der Waals surface area contributed by atoms with Crippen molar-refractivity contribution in [2.75, 3.05) is 6.26 Å². The Morgan fingerprint density at radius 1 is 0.938 bits per heavy atom. The van der Waals surface area contributed by atoms with E-state index in [1.165, 1.54) is 10.8 Å². The maximum absolute atomic E-state index is 4.46. The van der Waals surface area contributed by atoms with Crippen molar-refractivity contribution in [3.63, 3.8) is 0 Å². The van der Waals surface area contributed by atoms with Gasteiger partial charge in [-0.1, -0.05) is 18.2 Å².